The van der Waals surface area contributed by atoms with Crippen molar-refractivity contribution in [3.8, 4) is 11.5 Å². The van der Waals surface area contributed by atoms with E-state index in [2.05, 4.69) is 10.6 Å². The first-order valence-corrected chi connectivity index (χ1v) is 9.75. The van der Waals surface area contributed by atoms with Crippen LogP contribution in [0.4, 0.5) is 11.4 Å². The van der Waals surface area contributed by atoms with E-state index in [1.165, 1.54) is 0 Å². The second kappa shape index (κ2) is 9.58. The molecule has 4 N–H and O–H groups in total. The van der Waals surface area contributed by atoms with Gasteiger partial charge in [-0.1, -0.05) is 13.0 Å². The number of carbonyl (C=O) groups excluding carboxylic acids is 3. The van der Waals surface area contributed by atoms with Crippen LogP contribution in [0.25, 0.3) is 0 Å². The van der Waals surface area contributed by atoms with Crippen LogP contribution >= 0.6 is 0 Å². The normalized spacial score (nSPS) is 10.3. The third-order valence-electron chi connectivity index (χ3n) is 4.58. The van der Waals surface area contributed by atoms with Crippen LogP contribution in [0.1, 0.15) is 39.6 Å². The summed E-state index contributed by atoms with van der Waals surface area (Å²) in [5.41, 5.74) is 8.20. The Morgan fingerprint density at radius 1 is 0.839 bits per heavy atom. The topological polar surface area (TPSA) is 111 Å². The molecule has 158 valence electrons. The quantitative estimate of drug-likeness (QED) is 0.526. The van der Waals surface area contributed by atoms with Gasteiger partial charge in [-0.15, -0.1) is 0 Å². The minimum absolute atomic E-state index is 0.0963. The summed E-state index contributed by atoms with van der Waals surface area (Å²) in [5, 5.41) is 5.65. The van der Waals surface area contributed by atoms with E-state index in [0.29, 0.717) is 40.4 Å². The molecule has 0 unspecified atom stereocenters. The Labute approximate surface area is 180 Å². The molecule has 7 heteroatoms. The van der Waals surface area contributed by atoms with Crippen molar-refractivity contribution in [1.82, 2.24) is 0 Å². The smallest absolute Gasteiger partial charge is 0.255 e. The first-order valence-electron chi connectivity index (χ1n) is 9.75. The second-order valence-electron chi connectivity index (χ2n) is 6.90. The average Bonchev–Trinajstić information content (AvgIpc) is 2.76. The maximum absolute atomic E-state index is 12.6. The molecule has 3 aromatic carbocycles. The van der Waals surface area contributed by atoms with Crippen molar-refractivity contribution < 1.29 is 19.1 Å². The summed E-state index contributed by atoms with van der Waals surface area (Å²) in [4.78, 5) is 35.4. The number of hydrogen-bond acceptors (Lipinski definition) is 4. The van der Waals surface area contributed by atoms with Gasteiger partial charge in [0.25, 0.3) is 5.91 Å². The van der Waals surface area contributed by atoms with Gasteiger partial charge in [0.05, 0.1) is 0 Å². The molecular formula is C24H23N3O4. The zero-order valence-corrected chi connectivity index (χ0v) is 17.3. The third kappa shape index (κ3) is 5.70. The van der Waals surface area contributed by atoms with Crippen molar-refractivity contribution in [1.29, 1.82) is 0 Å². The molecular weight excluding hydrogens is 394 g/mol. The van der Waals surface area contributed by atoms with E-state index in [0.717, 1.165) is 5.56 Å². The number of hydrogen-bond donors (Lipinski definition) is 3. The highest BCUT2D eigenvalue weighted by molar-refractivity contribution is 6.05. The van der Waals surface area contributed by atoms with Crippen molar-refractivity contribution in [2.24, 2.45) is 5.73 Å². The molecule has 0 aromatic heterocycles. The molecule has 0 bridgehead atoms. The van der Waals surface area contributed by atoms with Crippen LogP contribution in [0.5, 0.6) is 11.5 Å². The summed E-state index contributed by atoms with van der Waals surface area (Å²) in [6.45, 7) is 3.65. The fourth-order valence-corrected chi connectivity index (χ4v) is 2.78. The highest BCUT2D eigenvalue weighted by atomic mass is 16.5. The lowest BCUT2D eigenvalue weighted by Gasteiger charge is -2.12. The summed E-state index contributed by atoms with van der Waals surface area (Å²) in [7, 11) is 0. The second-order valence-corrected chi connectivity index (χ2v) is 6.90. The first kappa shape index (κ1) is 21.6. The van der Waals surface area contributed by atoms with E-state index >= 15 is 0 Å². The molecule has 3 amide bonds. The number of aryl methyl sites for hydroxylation is 1. The van der Waals surface area contributed by atoms with Crippen LogP contribution in [-0.2, 0) is 4.79 Å². The van der Waals surface area contributed by atoms with Crippen molar-refractivity contribution >= 4 is 29.1 Å². The molecule has 0 radical (unpaired) electrons. The van der Waals surface area contributed by atoms with Gasteiger partial charge in [-0.05, 0) is 73.2 Å². The largest absolute Gasteiger partial charge is 0.457 e. The number of nitrogens with one attached hydrogen (secondary N) is 2. The number of primary amides is 1. The highest BCUT2D eigenvalue weighted by Crippen LogP contribution is 2.24. The molecule has 0 heterocycles. The monoisotopic (exact) mass is 417 g/mol. The van der Waals surface area contributed by atoms with Crippen molar-refractivity contribution in [2.75, 3.05) is 10.6 Å². The number of benzene rings is 3. The SMILES string of the molecule is CCC(=O)Nc1ccc(C)c(NC(=O)c2ccc(Oc3ccc(C(N)=O)cc3)cc2)c1. The van der Waals surface area contributed by atoms with Gasteiger partial charge in [0.15, 0.2) is 0 Å². The highest BCUT2D eigenvalue weighted by Gasteiger charge is 2.10. The Bertz CT molecular complexity index is 1110. The van der Waals surface area contributed by atoms with Gasteiger partial charge in [0.2, 0.25) is 11.8 Å². The lowest BCUT2D eigenvalue weighted by atomic mass is 10.1. The molecule has 0 aliphatic carbocycles. The van der Waals surface area contributed by atoms with Gasteiger partial charge >= 0.3 is 0 Å². The number of nitrogens with two attached hydrogens (primary N) is 1. The van der Waals surface area contributed by atoms with Gasteiger partial charge in [0, 0.05) is 28.9 Å². The third-order valence-corrected chi connectivity index (χ3v) is 4.58. The Morgan fingerprint density at radius 3 is 1.97 bits per heavy atom. The molecule has 31 heavy (non-hydrogen) atoms. The Kier molecular flexibility index (Phi) is 6.67. The average molecular weight is 417 g/mol. The van der Waals surface area contributed by atoms with E-state index in [1.807, 2.05) is 13.0 Å². The van der Waals surface area contributed by atoms with Gasteiger partial charge < -0.3 is 21.1 Å². The number of ether oxygens (including phenoxy) is 1. The predicted octanol–water partition coefficient (Wildman–Crippen LogP) is 4.49. The standard InChI is InChI=1S/C24H23N3O4/c1-3-22(28)26-18-9-4-15(2)21(14-18)27-24(30)17-7-12-20(13-8-17)31-19-10-5-16(6-11-19)23(25)29/h4-14H,3H2,1-2H3,(H2,25,29)(H,26,28)(H,27,30). The molecule has 3 rings (SSSR count). The Balaban J connectivity index is 1.67. The van der Waals surface area contributed by atoms with Gasteiger partial charge in [-0.25, -0.2) is 0 Å². The van der Waals surface area contributed by atoms with Crippen LogP contribution in [-0.4, -0.2) is 17.7 Å². The van der Waals surface area contributed by atoms with Crippen molar-refractivity contribution in [3.63, 3.8) is 0 Å². The van der Waals surface area contributed by atoms with Gasteiger partial charge in [-0.2, -0.15) is 0 Å². The Hall–Kier alpha value is -4.13. The molecule has 0 saturated heterocycles. The van der Waals surface area contributed by atoms with Gasteiger partial charge in [-0.3, -0.25) is 14.4 Å². The van der Waals surface area contributed by atoms with E-state index in [-0.39, 0.29) is 11.8 Å². The zero-order valence-electron chi connectivity index (χ0n) is 17.3. The number of amides is 3. The van der Waals surface area contributed by atoms with Crippen LogP contribution in [0.15, 0.2) is 66.7 Å². The zero-order chi connectivity index (χ0) is 22.4. The van der Waals surface area contributed by atoms with Crippen LogP contribution in [0, 0.1) is 6.92 Å². The molecule has 3 aromatic rings. The maximum Gasteiger partial charge on any atom is 0.255 e. The number of rotatable bonds is 7. The molecule has 7 nitrogen and oxygen atoms in total. The van der Waals surface area contributed by atoms with Crippen molar-refractivity contribution in [3.05, 3.63) is 83.4 Å². The minimum Gasteiger partial charge on any atom is -0.457 e. The lowest BCUT2D eigenvalue weighted by Crippen LogP contribution is -2.14. The summed E-state index contributed by atoms with van der Waals surface area (Å²) in [5.74, 6) is 0.212. The maximum atomic E-state index is 12.6. The van der Waals surface area contributed by atoms with E-state index < -0.39 is 5.91 Å². The van der Waals surface area contributed by atoms with E-state index in [1.54, 1.807) is 67.6 Å². The molecule has 0 atom stereocenters. The fraction of sp³-hybridized carbons (Fsp3) is 0.125. The fourth-order valence-electron chi connectivity index (χ4n) is 2.78. The minimum atomic E-state index is -0.504. The summed E-state index contributed by atoms with van der Waals surface area (Å²) >= 11 is 0. The van der Waals surface area contributed by atoms with Gasteiger partial charge in [0.1, 0.15) is 11.5 Å². The molecule has 0 aliphatic heterocycles. The molecule has 0 saturated carbocycles. The van der Waals surface area contributed by atoms with E-state index in [4.69, 9.17) is 10.5 Å². The number of anilines is 2. The first-order chi connectivity index (χ1) is 14.9. The predicted molar refractivity (Wildman–Crippen MR) is 120 cm³/mol. The molecule has 0 aliphatic rings. The van der Waals surface area contributed by atoms with Crippen LogP contribution in [0.3, 0.4) is 0 Å². The summed E-state index contributed by atoms with van der Waals surface area (Å²) in [6, 6.07) is 18.5. The van der Waals surface area contributed by atoms with Crippen molar-refractivity contribution in [2.45, 2.75) is 20.3 Å². The lowest BCUT2D eigenvalue weighted by molar-refractivity contribution is -0.115. The summed E-state index contributed by atoms with van der Waals surface area (Å²) < 4.78 is 5.72. The van der Waals surface area contributed by atoms with E-state index in [9.17, 15) is 14.4 Å². The van der Waals surface area contributed by atoms with Crippen LogP contribution < -0.4 is 21.1 Å². The molecule has 0 fully saturated rings. The number of carbonyl (C=O) groups is 3. The van der Waals surface area contributed by atoms with Crippen LogP contribution in [0.2, 0.25) is 0 Å². The summed E-state index contributed by atoms with van der Waals surface area (Å²) in [6.07, 6.45) is 0.374. The Morgan fingerprint density at radius 2 is 1.42 bits per heavy atom. The molecule has 0 spiro atoms.